The van der Waals surface area contributed by atoms with Gasteiger partial charge in [-0.2, -0.15) is 5.10 Å². The normalized spacial score (nSPS) is 15.0. The molecule has 132 valence electrons. The van der Waals surface area contributed by atoms with Crippen LogP contribution < -0.4 is 10.6 Å². The number of nitrogens with one attached hydrogen (secondary N) is 3. The molecule has 0 aliphatic heterocycles. The number of H-pyrrole nitrogens is 1. The van der Waals surface area contributed by atoms with Crippen LogP contribution in [0.2, 0.25) is 0 Å². The van der Waals surface area contributed by atoms with E-state index in [2.05, 4.69) is 20.8 Å². The molecule has 3 rings (SSSR count). The van der Waals surface area contributed by atoms with Crippen molar-refractivity contribution in [3.63, 3.8) is 0 Å². The van der Waals surface area contributed by atoms with Crippen molar-refractivity contribution in [2.45, 2.75) is 51.1 Å². The molecule has 25 heavy (non-hydrogen) atoms. The summed E-state index contributed by atoms with van der Waals surface area (Å²) in [5.41, 5.74) is 2.21. The van der Waals surface area contributed by atoms with Gasteiger partial charge in [-0.15, -0.1) is 0 Å². The minimum Gasteiger partial charge on any atom is -0.352 e. The van der Waals surface area contributed by atoms with Crippen LogP contribution >= 0.6 is 0 Å². The average Bonchev–Trinajstić information content (AvgIpc) is 3.26. The minimum atomic E-state index is -0.616. The molecule has 0 saturated heterocycles. The number of hydrogen-bond acceptors (Lipinski definition) is 3. The van der Waals surface area contributed by atoms with E-state index in [1.54, 1.807) is 6.07 Å². The molecule has 6 heteroatoms. The van der Waals surface area contributed by atoms with Crippen molar-refractivity contribution in [1.29, 1.82) is 0 Å². The van der Waals surface area contributed by atoms with E-state index in [-0.39, 0.29) is 23.8 Å². The Balaban J connectivity index is 1.70. The molecule has 1 aliphatic carbocycles. The van der Waals surface area contributed by atoms with Gasteiger partial charge in [0.15, 0.2) is 0 Å². The Kier molecular flexibility index (Phi) is 5.16. The first-order valence-corrected chi connectivity index (χ1v) is 8.73. The molecule has 1 aliphatic rings. The predicted octanol–water partition coefficient (Wildman–Crippen LogP) is 2.15. The fraction of sp³-hybridized carbons (Fsp3) is 0.421. The van der Waals surface area contributed by atoms with E-state index in [9.17, 15) is 9.59 Å². The highest BCUT2D eigenvalue weighted by Gasteiger charge is 2.29. The van der Waals surface area contributed by atoms with Crippen LogP contribution in [0.1, 0.15) is 54.4 Å². The zero-order chi connectivity index (χ0) is 17.8. The van der Waals surface area contributed by atoms with Crippen LogP contribution in [-0.2, 0) is 11.2 Å². The summed E-state index contributed by atoms with van der Waals surface area (Å²) >= 11 is 0. The number of rotatable bonds is 7. The van der Waals surface area contributed by atoms with Crippen LogP contribution in [0.3, 0.4) is 0 Å². The quantitative estimate of drug-likeness (QED) is 0.722. The molecule has 1 fully saturated rings. The molecule has 2 amide bonds. The maximum Gasteiger partial charge on any atom is 0.272 e. The lowest BCUT2D eigenvalue weighted by Gasteiger charge is -2.18. The predicted molar refractivity (Wildman–Crippen MR) is 95.2 cm³/mol. The fourth-order valence-electron chi connectivity index (χ4n) is 2.57. The molecule has 6 nitrogen and oxygen atoms in total. The number of aromatic nitrogens is 2. The van der Waals surface area contributed by atoms with E-state index in [4.69, 9.17) is 0 Å². The third-order valence-electron chi connectivity index (χ3n) is 4.28. The lowest BCUT2D eigenvalue weighted by atomic mass is 10.0. The molecule has 1 saturated carbocycles. The van der Waals surface area contributed by atoms with Crippen LogP contribution in [0, 0.1) is 0 Å². The van der Waals surface area contributed by atoms with Crippen LogP contribution in [0.5, 0.6) is 0 Å². The smallest absolute Gasteiger partial charge is 0.272 e. The van der Waals surface area contributed by atoms with Crippen molar-refractivity contribution in [2.24, 2.45) is 0 Å². The largest absolute Gasteiger partial charge is 0.352 e. The third-order valence-corrected chi connectivity index (χ3v) is 4.28. The zero-order valence-corrected chi connectivity index (χ0v) is 14.6. The summed E-state index contributed by atoms with van der Waals surface area (Å²) in [6.07, 6.45) is 2.47. The molecule has 0 unspecified atom stereocenters. The summed E-state index contributed by atoms with van der Waals surface area (Å²) in [5.74, 6) is -0.221. The van der Waals surface area contributed by atoms with Gasteiger partial charge in [-0.1, -0.05) is 44.2 Å². The topological polar surface area (TPSA) is 86.9 Å². The van der Waals surface area contributed by atoms with E-state index in [1.807, 2.05) is 44.2 Å². The number of benzene rings is 1. The summed E-state index contributed by atoms with van der Waals surface area (Å²) in [7, 11) is 0. The maximum absolute atomic E-state index is 12.5. The number of nitrogens with zero attached hydrogens (tertiary/aromatic N) is 1. The molecule has 1 aromatic heterocycles. The highest BCUT2D eigenvalue weighted by Crippen LogP contribution is 2.19. The van der Waals surface area contributed by atoms with Gasteiger partial charge in [0.05, 0.1) is 0 Å². The summed E-state index contributed by atoms with van der Waals surface area (Å²) in [6.45, 7) is 4.05. The third kappa shape index (κ3) is 4.68. The second kappa shape index (κ2) is 7.51. The molecule has 1 aromatic carbocycles. The highest BCUT2D eigenvalue weighted by molar-refractivity contribution is 5.96. The fourth-order valence-corrected chi connectivity index (χ4v) is 2.57. The van der Waals surface area contributed by atoms with E-state index < -0.39 is 6.04 Å². The van der Waals surface area contributed by atoms with Gasteiger partial charge in [0, 0.05) is 18.2 Å². The summed E-state index contributed by atoms with van der Waals surface area (Å²) in [6, 6.07) is 11.1. The van der Waals surface area contributed by atoms with E-state index in [0.29, 0.717) is 12.1 Å². The molecular weight excluding hydrogens is 316 g/mol. The Morgan fingerprint density at radius 1 is 1.24 bits per heavy atom. The van der Waals surface area contributed by atoms with E-state index in [1.165, 1.54) is 0 Å². The SMILES string of the molecule is CC(C)c1cc(C(=O)N[C@H](Cc2ccccc2)C(=O)NC2CC2)n[nH]1. The second-order valence-corrected chi connectivity index (χ2v) is 6.86. The molecule has 0 spiro atoms. The van der Waals surface area contributed by atoms with Crippen LogP contribution in [0.15, 0.2) is 36.4 Å². The lowest BCUT2D eigenvalue weighted by molar-refractivity contribution is -0.123. The Labute approximate surface area is 147 Å². The molecule has 1 heterocycles. The first kappa shape index (κ1) is 17.2. The lowest BCUT2D eigenvalue weighted by Crippen LogP contribution is -2.48. The second-order valence-electron chi connectivity index (χ2n) is 6.86. The van der Waals surface area contributed by atoms with Crippen LogP contribution in [0.25, 0.3) is 0 Å². The van der Waals surface area contributed by atoms with Gasteiger partial charge in [0.2, 0.25) is 5.91 Å². The monoisotopic (exact) mass is 340 g/mol. The van der Waals surface area contributed by atoms with E-state index >= 15 is 0 Å². The summed E-state index contributed by atoms with van der Waals surface area (Å²) in [4.78, 5) is 25.0. The number of aromatic amines is 1. The van der Waals surface area contributed by atoms with Crippen molar-refractivity contribution >= 4 is 11.8 Å². The number of hydrogen-bond donors (Lipinski definition) is 3. The van der Waals surface area contributed by atoms with Crippen molar-refractivity contribution in [3.05, 3.63) is 53.3 Å². The molecule has 1 atom stereocenters. The minimum absolute atomic E-state index is 0.140. The Morgan fingerprint density at radius 2 is 1.96 bits per heavy atom. The average molecular weight is 340 g/mol. The zero-order valence-electron chi connectivity index (χ0n) is 14.6. The standard InChI is InChI=1S/C19H24N4O2/c1-12(2)15-11-17(23-22-15)19(25)21-16(18(24)20-14-8-9-14)10-13-6-4-3-5-7-13/h3-7,11-12,14,16H,8-10H2,1-2H3,(H,20,24)(H,21,25)(H,22,23)/t16-/m1/s1. The van der Waals surface area contributed by atoms with Crippen LogP contribution in [0.4, 0.5) is 0 Å². The molecule has 3 N–H and O–H groups in total. The molecule has 2 aromatic rings. The van der Waals surface area contributed by atoms with Crippen molar-refractivity contribution in [2.75, 3.05) is 0 Å². The van der Waals surface area contributed by atoms with Gasteiger partial charge in [-0.25, -0.2) is 0 Å². The van der Waals surface area contributed by atoms with Gasteiger partial charge >= 0.3 is 0 Å². The number of carbonyl (C=O) groups is 2. The van der Waals surface area contributed by atoms with E-state index in [0.717, 1.165) is 24.1 Å². The van der Waals surface area contributed by atoms with Crippen LogP contribution in [-0.4, -0.2) is 34.1 Å². The first-order valence-electron chi connectivity index (χ1n) is 8.73. The van der Waals surface area contributed by atoms with Crippen molar-refractivity contribution in [1.82, 2.24) is 20.8 Å². The first-order chi connectivity index (χ1) is 12.0. The molecule has 0 radical (unpaired) electrons. The Morgan fingerprint density at radius 3 is 2.56 bits per heavy atom. The number of carbonyl (C=O) groups excluding carboxylic acids is 2. The van der Waals surface area contributed by atoms with Gasteiger partial charge in [-0.3, -0.25) is 14.7 Å². The van der Waals surface area contributed by atoms with Gasteiger partial charge in [0.25, 0.3) is 5.91 Å². The van der Waals surface area contributed by atoms with Crippen molar-refractivity contribution in [3.8, 4) is 0 Å². The summed E-state index contributed by atoms with van der Waals surface area (Å²) < 4.78 is 0. The number of amides is 2. The van der Waals surface area contributed by atoms with Gasteiger partial charge in [-0.05, 0) is 30.4 Å². The van der Waals surface area contributed by atoms with Gasteiger partial charge in [0.1, 0.15) is 11.7 Å². The molecular formula is C19H24N4O2. The highest BCUT2D eigenvalue weighted by atomic mass is 16.2. The van der Waals surface area contributed by atoms with Gasteiger partial charge < -0.3 is 10.6 Å². The summed E-state index contributed by atoms with van der Waals surface area (Å²) in [5, 5.41) is 12.7. The Hall–Kier alpha value is -2.63. The maximum atomic E-state index is 12.5. The Bertz CT molecular complexity index is 735. The molecule has 0 bridgehead atoms. The van der Waals surface area contributed by atoms with Crippen molar-refractivity contribution < 1.29 is 9.59 Å².